The Morgan fingerprint density at radius 2 is 1.85 bits per heavy atom. The SMILES string of the molecule is O=C(O)CCNC(=O)NCCOc1ccc(Cl)c(Cl)c1. The van der Waals surface area contributed by atoms with Gasteiger partial charge in [0.15, 0.2) is 0 Å². The number of halogens is 2. The summed E-state index contributed by atoms with van der Waals surface area (Å²) in [6, 6.07) is 4.42. The summed E-state index contributed by atoms with van der Waals surface area (Å²) in [5.74, 6) is -0.416. The third kappa shape index (κ3) is 6.49. The average molecular weight is 321 g/mol. The van der Waals surface area contributed by atoms with Crippen molar-refractivity contribution in [2.75, 3.05) is 19.7 Å². The Morgan fingerprint density at radius 3 is 2.50 bits per heavy atom. The van der Waals surface area contributed by atoms with E-state index in [1.54, 1.807) is 18.2 Å². The van der Waals surface area contributed by atoms with E-state index >= 15 is 0 Å². The Labute approximate surface area is 126 Å². The molecule has 1 rings (SSSR count). The molecule has 3 N–H and O–H groups in total. The van der Waals surface area contributed by atoms with Crippen molar-refractivity contribution in [1.29, 1.82) is 0 Å². The molecule has 0 saturated carbocycles. The first kappa shape index (κ1) is 16.4. The summed E-state index contributed by atoms with van der Waals surface area (Å²) in [7, 11) is 0. The zero-order valence-corrected chi connectivity index (χ0v) is 12.0. The fourth-order valence-electron chi connectivity index (χ4n) is 1.25. The number of hydrogen-bond donors (Lipinski definition) is 3. The maximum Gasteiger partial charge on any atom is 0.314 e. The molecule has 0 atom stereocenters. The van der Waals surface area contributed by atoms with Crippen molar-refractivity contribution in [2.24, 2.45) is 0 Å². The summed E-state index contributed by atoms with van der Waals surface area (Å²) in [5, 5.41) is 14.2. The fourth-order valence-corrected chi connectivity index (χ4v) is 1.53. The number of carbonyl (C=O) groups is 2. The van der Waals surface area contributed by atoms with Crippen LogP contribution in [-0.2, 0) is 4.79 Å². The molecule has 0 aliphatic carbocycles. The molecule has 0 aliphatic rings. The second kappa shape index (κ2) is 8.50. The van der Waals surface area contributed by atoms with Gasteiger partial charge in [-0.3, -0.25) is 4.79 Å². The van der Waals surface area contributed by atoms with Gasteiger partial charge >= 0.3 is 12.0 Å². The third-order valence-corrected chi connectivity index (χ3v) is 2.91. The summed E-state index contributed by atoms with van der Waals surface area (Å²) in [5.41, 5.74) is 0. The minimum absolute atomic E-state index is 0.0782. The Hall–Kier alpha value is -1.66. The summed E-state index contributed by atoms with van der Waals surface area (Å²) in [4.78, 5) is 21.5. The highest BCUT2D eigenvalue weighted by atomic mass is 35.5. The van der Waals surface area contributed by atoms with E-state index in [0.29, 0.717) is 15.8 Å². The van der Waals surface area contributed by atoms with Crippen LogP contribution in [0.25, 0.3) is 0 Å². The number of hydrogen-bond acceptors (Lipinski definition) is 3. The number of urea groups is 1. The van der Waals surface area contributed by atoms with E-state index in [0.717, 1.165) is 0 Å². The molecule has 0 heterocycles. The predicted molar refractivity (Wildman–Crippen MR) is 75.6 cm³/mol. The highest BCUT2D eigenvalue weighted by Gasteiger charge is 2.03. The van der Waals surface area contributed by atoms with E-state index in [-0.39, 0.29) is 26.1 Å². The molecule has 0 spiro atoms. The lowest BCUT2D eigenvalue weighted by Crippen LogP contribution is -2.38. The Kier molecular flexibility index (Phi) is 6.97. The number of carboxylic acid groups (broad SMARTS) is 1. The van der Waals surface area contributed by atoms with Gasteiger partial charge in [0.25, 0.3) is 0 Å². The van der Waals surface area contributed by atoms with Gasteiger partial charge in [-0.2, -0.15) is 0 Å². The monoisotopic (exact) mass is 320 g/mol. The van der Waals surface area contributed by atoms with E-state index in [1.807, 2.05) is 0 Å². The first-order chi connectivity index (χ1) is 9.49. The molecule has 0 saturated heterocycles. The van der Waals surface area contributed by atoms with Crippen LogP contribution in [0, 0.1) is 0 Å². The first-order valence-electron chi connectivity index (χ1n) is 5.80. The lowest BCUT2D eigenvalue weighted by atomic mass is 10.3. The average Bonchev–Trinajstić information content (AvgIpc) is 2.38. The Balaban J connectivity index is 2.16. The molecule has 110 valence electrons. The summed E-state index contributed by atoms with van der Waals surface area (Å²) < 4.78 is 5.36. The smallest absolute Gasteiger partial charge is 0.314 e. The number of ether oxygens (including phenoxy) is 1. The Morgan fingerprint density at radius 1 is 1.15 bits per heavy atom. The van der Waals surface area contributed by atoms with E-state index in [4.69, 9.17) is 33.0 Å². The predicted octanol–water partition coefficient (Wildman–Crippen LogP) is 2.15. The number of amides is 2. The van der Waals surface area contributed by atoms with Gasteiger partial charge in [0.1, 0.15) is 12.4 Å². The van der Waals surface area contributed by atoms with Crippen molar-refractivity contribution in [3.05, 3.63) is 28.2 Å². The van der Waals surface area contributed by atoms with Crippen molar-refractivity contribution in [3.63, 3.8) is 0 Å². The second-order valence-electron chi connectivity index (χ2n) is 3.75. The molecule has 1 aromatic rings. The largest absolute Gasteiger partial charge is 0.492 e. The van der Waals surface area contributed by atoms with Gasteiger partial charge in [-0.25, -0.2) is 4.79 Å². The van der Waals surface area contributed by atoms with Crippen LogP contribution < -0.4 is 15.4 Å². The molecule has 20 heavy (non-hydrogen) atoms. The zero-order valence-electron chi connectivity index (χ0n) is 10.5. The maximum absolute atomic E-state index is 11.2. The maximum atomic E-state index is 11.2. The molecule has 8 heteroatoms. The van der Waals surface area contributed by atoms with Crippen LogP contribution in [0.4, 0.5) is 4.79 Å². The quantitative estimate of drug-likeness (QED) is 0.672. The zero-order chi connectivity index (χ0) is 15.0. The Bertz CT molecular complexity index is 483. The number of rotatable bonds is 7. The molecule has 0 aromatic heterocycles. The molecular formula is C12H14Cl2N2O4. The van der Waals surface area contributed by atoms with Gasteiger partial charge in [0, 0.05) is 12.6 Å². The normalized spacial score (nSPS) is 9.90. The van der Waals surface area contributed by atoms with Crippen molar-refractivity contribution in [1.82, 2.24) is 10.6 Å². The number of carbonyl (C=O) groups excluding carboxylic acids is 1. The van der Waals surface area contributed by atoms with E-state index in [1.165, 1.54) is 0 Å². The van der Waals surface area contributed by atoms with Crippen LogP contribution in [0.3, 0.4) is 0 Å². The van der Waals surface area contributed by atoms with Crippen molar-refractivity contribution >= 4 is 35.2 Å². The van der Waals surface area contributed by atoms with E-state index in [2.05, 4.69) is 10.6 Å². The summed E-state index contributed by atoms with van der Waals surface area (Å²) in [6.45, 7) is 0.609. The van der Waals surface area contributed by atoms with Gasteiger partial charge in [-0.05, 0) is 12.1 Å². The lowest BCUT2D eigenvalue weighted by molar-refractivity contribution is -0.136. The van der Waals surface area contributed by atoms with Crippen LogP contribution in [0.2, 0.25) is 10.0 Å². The molecule has 0 fully saturated rings. The molecule has 0 bridgehead atoms. The highest BCUT2D eigenvalue weighted by Crippen LogP contribution is 2.26. The van der Waals surface area contributed by atoms with E-state index in [9.17, 15) is 9.59 Å². The van der Waals surface area contributed by atoms with Crippen molar-refractivity contribution in [2.45, 2.75) is 6.42 Å². The van der Waals surface area contributed by atoms with Gasteiger partial charge in [-0.1, -0.05) is 23.2 Å². The van der Waals surface area contributed by atoms with Gasteiger partial charge in [0.2, 0.25) is 0 Å². The first-order valence-corrected chi connectivity index (χ1v) is 6.56. The van der Waals surface area contributed by atoms with Crippen LogP contribution >= 0.6 is 23.2 Å². The third-order valence-electron chi connectivity index (χ3n) is 2.17. The lowest BCUT2D eigenvalue weighted by Gasteiger charge is -2.09. The molecule has 0 aliphatic heterocycles. The highest BCUT2D eigenvalue weighted by molar-refractivity contribution is 6.42. The molecular weight excluding hydrogens is 307 g/mol. The fraction of sp³-hybridized carbons (Fsp3) is 0.333. The van der Waals surface area contributed by atoms with Gasteiger partial charge < -0.3 is 20.5 Å². The molecule has 0 unspecified atom stereocenters. The van der Waals surface area contributed by atoms with Gasteiger partial charge in [0.05, 0.1) is 23.0 Å². The molecule has 1 aromatic carbocycles. The van der Waals surface area contributed by atoms with Crippen LogP contribution in [0.15, 0.2) is 18.2 Å². The molecule has 2 amide bonds. The summed E-state index contributed by atoms with van der Waals surface area (Å²) in [6.07, 6.45) is -0.118. The van der Waals surface area contributed by atoms with Crippen molar-refractivity contribution in [3.8, 4) is 5.75 Å². The van der Waals surface area contributed by atoms with Crippen molar-refractivity contribution < 1.29 is 19.4 Å². The molecule has 6 nitrogen and oxygen atoms in total. The molecule has 0 radical (unpaired) electrons. The van der Waals surface area contributed by atoms with E-state index < -0.39 is 12.0 Å². The van der Waals surface area contributed by atoms with Crippen LogP contribution in [-0.4, -0.2) is 36.8 Å². The standard InChI is InChI=1S/C12H14Cl2N2O4/c13-9-2-1-8(7-10(9)14)20-6-5-16-12(19)15-4-3-11(17)18/h1-2,7H,3-6H2,(H,17,18)(H2,15,16,19). The topological polar surface area (TPSA) is 87.7 Å². The second-order valence-corrected chi connectivity index (χ2v) is 4.57. The van der Waals surface area contributed by atoms with Gasteiger partial charge in [-0.15, -0.1) is 0 Å². The minimum atomic E-state index is -0.965. The number of aliphatic carboxylic acids is 1. The summed E-state index contributed by atoms with van der Waals surface area (Å²) >= 11 is 11.6. The number of benzene rings is 1. The number of carboxylic acids is 1. The van der Waals surface area contributed by atoms with Crippen LogP contribution in [0.5, 0.6) is 5.75 Å². The minimum Gasteiger partial charge on any atom is -0.492 e. The number of nitrogens with one attached hydrogen (secondary N) is 2. The van der Waals surface area contributed by atoms with Crippen LogP contribution in [0.1, 0.15) is 6.42 Å².